The van der Waals surface area contributed by atoms with E-state index in [9.17, 15) is 49.9 Å². The Morgan fingerprint density at radius 2 is 1.05 bits per heavy atom. The minimum atomic E-state index is -4.86. The number of unbranched alkanes of at least 4 members (excludes halogenated alkanes) is 1. The van der Waals surface area contributed by atoms with Crippen LogP contribution < -0.4 is 47.7 Å². The number of carbonyl (C=O) groups is 5. The summed E-state index contributed by atoms with van der Waals surface area (Å²) in [7, 11) is -8.47. The number of H-pyrrole nitrogens is 1. The van der Waals surface area contributed by atoms with Crippen molar-refractivity contribution in [2.45, 2.75) is 126 Å². The Balaban J connectivity index is 0.556. The zero-order valence-corrected chi connectivity index (χ0v) is 75.8. The van der Waals surface area contributed by atoms with Gasteiger partial charge < -0.3 is 123 Å². The number of nitrogens with one attached hydrogen (secondary N) is 6. The van der Waals surface area contributed by atoms with E-state index in [1.54, 1.807) is 47.3 Å². The van der Waals surface area contributed by atoms with Crippen LogP contribution in [-0.4, -0.2) is 292 Å². The van der Waals surface area contributed by atoms with Crippen LogP contribution in [0.15, 0.2) is 131 Å². The quantitative estimate of drug-likeness (QED) is 0.00858. The summed E-state index contributed by atoms with van der Waals surface area (Å²) in [5, 5.41) is 22.5. The fourth-order valence-electron chi connectivity index (χ4n) is 13.8. The van der Waals surface area contributed by atoms with Crippen molar-refractivity contribution in [1.82, 2.24) is 61.5 Å². The molecule has 0 bridgehead atoms. The smallest absolute Gasteiger partial charge is 0.328 e. The molecule has 2 aliphatic rings. The Kier molecular flexibility index (Phi) is 43.1. The van der Waals surface area contributed by atoms with Gasteiger partial charge in [-0.15, -0.1) is 5.10 Å². The van der Waals surface area contributed by atoms with Gasteiger partial charge in [-0.2, -0.15) is 14.5 Å². The first-order valence-electron chi connectivity index (χ1n) is 43.0. The number of urea groups is 1. The summed E-state index contributed by atoms with van der Waals surface area (Å²) in [4.78, 5) is 80.9. The summed E-state index contributed by atoms with van der Waals surface area (Å²) >= 11 is 0. The lowest BCUT2D eigenvalue weighted by Gasteiger charge is -2.27. The van der Waals surface area contributed by atoms with E-state index < -0.39 is 58.9 Å². The Morgan fingerprint density at radius 1 is 0.554 bits per heavy atom. The van der Waals surface area contributed by atoms with E-state index in [1.807, 2.05) is 73.6 Å². The number of aryl methyl sites for hydroxylation is 1. The van der Waals surface area contributed by atoms with Crippen molar-refractivity contribution >= 4 is 89.8 Å². The highest BCUT2D eigenvalue weighted by Crippen LogP contribution is 2.49. The number of imidazole rings is 1. The lowest BCUT2D eigenvalue weighted by molar-refractivity contribution is -0.436. The number of esters is 1. The van der Waals surface area contributed by atoms with Crippen molar-refractivity contribution in [3.8, 4) is 5.88 Å². The van der Waals surface area contributed by atoms with Crippen LogP contribution in [0.25, 0.3) is 11.2 Å². The van der Waals surface area contributed by atoms with Gasteiger partial charge in [0.15, 0.2) is 17.9 Å². The normalized spacial score (nSPS) is 14.0. The molecule has 1 atom stereocenters. The maximum absolute atomic E-state index is 13.6. The monoisotopic (exact) mass is 1850 g/mol. The minimum absolute atomic E-state index is 0.0103. The number of nitrogens with two attached hydrogens (primary N) is 2. The molecule has 130 heavy (non-hydrogen) atoms. The number of carbonyl (C=O) groups excluding carboxylic acids is 5. The molecule has 10 N–H and O–H groups in total. The molecule has 0 radical (unpaired) electrons. The van der Waals surface area contributed by atoms with Gasteiger partial charge in [0.05, 0.1) is 206 Å². The summed E-state index contributed by atoms with van der Waals surface area (Å²) in [6.45, 7) is 18.4. The molecule has 5 heterocycles. The van der Waals surface area contributed by atoms with E-state index in [0.29, 0.717) is 233 Å². The first-order chi connectivity index (χ1) is 62.7. The molecule has 3 aromatic heterocycles. The van der Waals surface area contributed by atoms with Gasteiger partial charge in [-0.3, -0.25) is 19.1 Å². The van der Waals surface area contributed by atoms with E-state index in [-0.39, 0.29) is 102 Å². The predicted molar refractivity (Wildman–Crippen MR) is 472 cm³/mol. The summed E-state index contributed by atoms with van der Waals surface area (Å²) in [5.74, 6) is -0.926. The topological polar surface area (TPSA) is 533 Å². The molecule has 0 unspecified atom stereocenters. The highest BCUT2D eigenvalue weighted by atomic mass is 32.2. The van der Waals surface area contributed by atoms with Gasteiger partial charge in [-0.05, 0) is 104 Å². The fourth-order valence-corrected chi connectivity index (χ4v) is 14.8. The maximum Gasteiger partial charge on any atom is 0.328 e. The molecule has 9 rings (SSSR count). The van der Waals surface area contributed by atoms with Gasteiger partial charge in [0.2, 0.25) is 35.2 Å². The zero-order valence-electron chi connectivity index (χ0n) is 74.2. The Morgan fingerprint density at radius 3 is 1.62 bits per heavy atom. The molecule has 43 heteroatoms. The third-order valence-electron chi connectivity index (χ3n) is 20.6. The second-order valence-electron chi connectivity index (χ2n) is 30.8. The summed E-state index contributed by atoms with van der Waals surface area (Å²) < 4.78 is 155. The van der Waals surface area contributed by atoms with Crippen LogP contribution in [0.4, 0.5) is 27.8 Å². The van der Waals surface area contributed by atoms with Gasteiger partial charge in [0, 0.05) is 85.8 Å². The van der Waals surface area contributed by atoms with Gasteiger partial charge >= 0.3 is 12.0 Å². The average molecular weight is 1860 g/mol. The Hall–Kier alpha value is -10.6. The number of allylic oxidation sites excluding steroid dienone is 4. The number of aromatic amines is 1. The first kappa shape index (κ1) is 103. The van der Waals surface area contributed by atoms with Gasteiger partial charge in [0.25, 0.3) is 0 Å². The van der Waals surface area contributed by atoms with Crippen LogP contribution in [0, 0.1) is 0 Å². The number of ether oxygens (including phenoxy) is 14. The average Bonchev–Trinajstić information content (AvgIpc) is 1.59. The summed E-state index contributed by atoms with van der Waals surface area (Å²) in [5.41, 5.74) is 18.0. The highest BCUT2D eigenvalue weighted by molar-refractivity contribution is 7.86. The molecule has 0 fully saturated rings. The van der Waals surface area contributed by atoms with Crippen molar-refractivity contribution in [2.75, 3.05) is 202 Å². The van der Waals surface area contributed by atoms with Crippen molar-refractivity contribution in [2.24, 2.45) is 0 Å². The second-order valence-corrected chi connectivity index (χ2v) is 33.6. The number of hydrogen-bond acceptors (Lipinski definition) is 33. The summed E-state index contributed by atoms with van der Waals surface area (Å²) in [6, 6.07) is 21.5. The van der Waals surface area contributed by atoms with Crippen molar-refractivity contribution in [1.29, 1.82) is 0 Å². The van der Waals surface area contributed by atoms with Crippen molar-refractivity contribution in [3.05, 3.63) is 155 Å². The summed E-state index contributed by atoms with van der Waals surface area (Å²) in [6.07, 6.45) is 10.2. The number of nitrogen functional groups attached to an aromatic ring is 2. The molecule has 4 aromatic carbocycles. The first-order valence-corrected chi connectivity index (χ1v) is 45.8. The lowest BCUT2D eigenvalue weighted by Crippen LogP contribution is -2.46. The number of rotatable bonds is 65. The Bertz CT molecular complexity index is 5060. The van der Waals surface area contributed by atoms with E-state index in [0.717, 1.165) is 16.7 Å². The largest absolute Gasteiger partial charge is 0.744 e. The number of benzene rings is 4. The van der Waals surface area contributed by atoms with Gasteiger partial charge in [0.1, 0.15) is 44.1 Å². The van der Waals surface area contributed by atoms with Crippen LogP contribution >= 0.6 is 0 Å². The van der Waals surface area contributed by atoms with Crippen LogP contribution in [0.1, 0.15) is 99.7 Å². The zero-order chi connectivity index (χ0) is 93.0. The number of aromatic nitrogens is 7. The minimum Gasteiger partial charge on any atom is -0.744 e. The number of nitrogens with zero attached hydrogens (tertiary/aromatic N) is 8. The van der Waals surface area contributed by atoms with E-state index in [1.165, 1.54) is 43.8 Å². The molecular formula is C87H121N16O25S2-. The van der Waals surface area contributed by atoms with E-state index >= 15 is 0 Å². The van der Waals surface area contributed by atoms with E-state index in [4.69, 9.17) is 77.8 Å². The third kappa shape index (κ3) is 34.9. The van der Waals surface area contributed by atoms with Crippen molar-refractivity contribution in [3.63, 3.8) is 0 Å². The third-order valence-corrected chi connectivity index (χ3v) is 22.3. The van der Waals surface area contributed by atoms with Gasteiger partial charge in [-0.25, -0.2) is 31.4 Å². The molecule has 5 amide bonds. The number of hydrogen-bond donors (Lipinski definition) is 8. The molecule has 41 nitrogen and oxygen atoms in total. The molecule has 0 spiro atoms. The molecule has 2 aliphatic heterocycles. The molecule has 7 aromatic rings. The SMILES string of the molecule is COC(=O)[C@H](CCCCn1cc(CNC(=O)CC[N+]2=C(/C=C/C=C3/N(CCC(=O)NCCOCCOCCOCCOCCOCCOCCOCCOCCOCCOCCOCCOCCC(=O)NCc4ccc(COc5nc(N)nc6nc[nH]c56)cc4)c4ccc(S(=O)(=O)[O-])cc4C3(C)C)C(C)(C)c3cc(S(=O)(=O)[O-])ccc32)nn1)NC(=O)NCc1ccc(N)cc1. The number of amides is 5. The molecule has 0 saturated carbocycles. The molecule has 0 saturated heterocycles. The molecule has 712 valence electrons. The predicted octanol–water partition coefficient (Wildman–Crippen LogP) is 4.44. The highest BCUT2D eigenvalue weighted by Gasteiger charge is 2.46. The number of methoxy groups -OCH3 is 1. The fraction of sp³-hybridized carbons (Fsp3) is 0.529. The van der Waals surface area contributed by atoms with Gasteiger partial charge in [-0.1, -0.05) is 61.5 Å². The van der Waals surface area contributed by atoms with E-state index in [2.05, 4.69) is 56.8 Å². The second kappa shape index (κ2) is 54.3. The van der Waals surface area contributed by atoms with Crippen LogP contribution in [0.3, 0.4) is 0 Å². The van der Waals surface area contributed by atoms with Crippen LogP contribution in [-0.2, 0) is 145 Å². The standard InChI is InChI=1S/C87H122N16O25S2/c1-86(2)70-55-68(129(109,110)111)20-22-73(70)102(75(86)10-8-11-76-87(3,4)71-56-69(130(112,113)114)21-23-74(71)103(76)30-25-78(105)92-59-67-60-101(100-99-67)28-7-6-9-72(83(107)115-5)96-85(108)93-58-64-16-18-66(88)19-17-64)29-24-77(104)90-27-32-117-34-36-119-38-40-121-42-44-123-46-48-125-50-52-127-54-53-126-51-49-124-47-45-122-43-41-120-39-37-118-35-33-116-31-26-79(106)91-57-63-12-14-65(15-13-63)61-128-82-80-81(95-62-94-80)97-84(89)98-82/h8,10-23,55-56,60,62,72H,6-7,9,24-54,57-59,61,88H2,1-5H3,(H9-,89,90,91,92,93,94,95,96,97,98,99,100,104,105,106,108,109,110,111,112,113,114)/p-1/t72-/m0/s1. The molecule has 0 aliphatic carbocycles. The maximum atomic E-state index is 13.6. The molecular weight excluding hydrogens is 1730 g/mol. The lowest BCUT2D eigenvalue weighted by atomic mass is 9.81. The number of anilines is 3. The Labute approximate surface area is 756 Å². The number of fused-ring (bicyclic) bond motifs is 3. The van der Waals surface area contributed by atoms with Crippen molar-refractivity contribution < 1.29 is 121 Å². The van der Waals surface area contributed by atoms with Crippen LogP contribution in [0.5, 0.6) is 5.88 Å². The van der Waals surface area contributed by atoms with Crippen LogP contribution in [0.2, 0.25) is 0 Å².